The standard InChI is InChI=1S/C15H29O6PS/c1-6-7-15(5,11-14(3,4)23-10-12(2)16)13(17)20-8-9-21-22(18)19/h12,16H,6-11H2,1-5H3/p+1. The van der Waals surface area contributed by atoms with Crippen LogP contribution in [0.1, 0.15) is 53.9 Å². The molecule has 0 fully saturated rings. The summed E-state index contributed by atoms with van der Waals surface area (Å²) in [5.74, 6) is 0.295. The van der Waals surface area contributed by atoms with Gasteiger partial charge in [0.2, 0.25) is 0 Å². The first kappa shape index (κ1) is 22.8. The van der Waals surface area contributed by atoms with E-state index in [1.165, 1.54) is 0 Å². The molecule has 0 saturated heterocycles. The zero-order chi connectivity index (χ0) is 18.1. The number of carbonyl (C=O) groups excluding carboxylic acids is 1. The van der Waals surface area contributed by atoms with E-state index in [0.717, 1.165) is 6.42 Å². The largest absolute Gasteiger partial charge is 0.694 e. The summed E-state index contributed by atoms with van der Waals surface area (Å²) in [6.07, 6.45) is 1.78. The third kappa shape index (κ3) is 10.3. The van der Waals surface area contributed by atoms with Crippen LogP contribution in [-0.4, -0.2) is 45.8 Å². The van der Waals surface area contributed by atoms with Crippen LogP contribution in [0.5, 0.6) is 0 Å². The van der Waals surface area contributed by atoms with Crippen LogP contribution in [0.25, 0.3) is 0 Å². The Morgan fingerprint density at radius 3 is 2.39 bits per heavy atom. The molecule has 0 rings (SSSR count). The molecule has 0 spiro atoms. The molecular weight excluding hydrogens is 339 g/mol. The van der Waals surface area contributed by atoms with Gasteiger partial charge in [-0.25, -0.2) is 0 Å². The number of ether oxygens (including phenoxy) is 1. The van der Waals surface area contributed by atoms with E-state index in [2.05, 4.69) is 18.4 Å². The lowest BCUT2D eigenvalue weighted by Gasteiger charge is -2.35. The topological polar surface area (TPSA) is 93.1 Å². The fourth-order valence-electron chi connectivity index (χ4n) is 2.58. The minimum Gasteiger partial charge on any atom is -0.463 e. The molecule has 136 valence electrons. The van der Waals surface area contributed by atoms with Crippen LogP contribution in [-0.2, 0) is 18.6 Å². The van der Waals surface area contributed by atoms with Gasteiger partial charge in [0, 0.05) is 15.1 Å². The van der Waals surface area contributed by atoms with Crippen molar-refractivity contribution in [1.82, 2.24) is 0 Å². The minimum atomic E-state index is -2.67. The normalized spacial score (nSPS) is 16.6. The maximum atomic E-state index is 12.4. The molecule has 0 radical (unpaired) electrons. The molecule has 0 saturated carbocycles. The number of esters is 1. The SMILES string of the molecule is CCCC(C)(CC(C)(C)SCC(C)O)C(=O)OCCO[P+](=O)O. The molecule has 0 heterocycles. The van der Waals surface area contributed by atoms with Gasteiger partial charge in [-0.1, -0.05) is 27.2 Å². The van der Waals surface area contributed by atoms with Gasteiger partial charge in [0.1, 0.15) is 13.2 Å². The van der Waals surface area contributed by atoms with Crippen LogP contribution >= 0.6 is 20.0 Å². The summed E-state index contributed by atoms with van der Waals surface area (Å²) < 4.78 is 20.0. The monoisotopic (exact) mass is 369 g/mol. The Hall–Kier alpha value is -0.200. The van der Waals surface area contributed by atoms with Gasteiger partial charge in [-0.15, -0.1) is 9.42 Å². The third-order valence-corrected chi connectivity index (χ3v) is 5.32. The van der Waals surface area contributed by atoms with Crippen molar-refractivity contribution in [1.29, 1.82) is 0 Å². The van der Waals surface area contributed by atoms with E-state index in [9.17, 15) is 14.5 Å². The number of hydrogen-bond donors (Lipinski definition) is 2. The van der Waals surface area contributed by atoms with Gasteiger partial charge in [-0.2, -0.15) is 11.8 Å². The smallest absolute Gasteiger partial charge is 0.463 e. The quantitative estimate of drug-likeness (QED) is 0.310. The number of aliphatic hydroxyl groups excluding tert-OH is 1. The Balaban J connectivity index is 4.68. The van der Waals surface area contributed by atoms with E-state index < -0.39 is 13.7 Å². The molecule has 3 atom stereocenters. The lowest BCUT2D eigenvalue weighted by atomic mass is 9.78. The summed E-state index contributed by atoms with van der Waals surface area (Å²) in [4.78, 5) is 21.0. The van der Waals surface area contributed by atoms with Crippen molar-refractivity contribution in [3.05, 3.63) is 0 Å². The van der Waals surface area contributed by atoms with Crippen molar-refractivity contribution in [2.24, 2.45) is 5.41 Å². The summed E-state index contributed by atoms with van der Waals surface area (Å²) in [6.45, 7) is 9.62. The first-order valence-corrected chi connectivity index (χ1v) is 9.92. The molecule has 0 aliphatic rings. The maximum absolute atomic E-state index is 12.4. The molecule has 23 heavy (non-hydrogen) atoms. The average molecular weight is 369 g/mol. The molecule has 8 heteroatoms. The molecule has 0 bridgehead atoms. The number of hydrogen-bond acceptors (Lipinski definition) is 6. The molecule has 0 aromatic heterocycles. The third-order valence-electron chi connectivity index (χ3n) is 3.34. The van der Waals surface area contributed by atoms with E-state index in [0.29, 0.717) is 18.6 Å². The molecule has 3 unspecified atom stereocenters. The summed E-state index contributed by atoms with van der Waals surface area (Å²) in [6, 6.07) is 0. The first-order chi connectivity index (χ1) is 10.5. The van der Waals surface area contributed by atoms with Gasteiger partial charge < -0.3 is 9.84 Å². The van der Waals surface area contributed by atoms with Gasteiger partial charge >= 0.3 is 14.2 Å². The van der Waals surface area contributed by atoms with E-state index >= 15 is 0 Å². The lowest BCUT2D eigenvalue weighted by molar-refractivity contribution is -0.157. The Kier molecular flexibility index (Phi) is 10.5. The van der Waals surface area contributed by atoms with Crippen LogP contribution in [0.3, 0.4) is 0 Å². The fraction of sp³-hybridized carbons (Fsp3) is 0.933. The Bertz CT molecular complexity index is 388. The predicted molar refractivity (Wildman–Crippen MR) is 92.6 cm³/mol. The van der Waals surface area contributed by atoms with Crippen molar-refractivity contribution in [3.63, 3.8) is 0 Å². The summed E-state index contributed by atoms with van der Waals surface area (Å²) in [5.41, 5.74) is -0.634. The molecule has 6 nitrogen and oxygen atoms in total. The van der Waals surface area contributed by atoms with Gasteiger partial charge in [0.15, 0.2) is 0 Å². The zero-order valence-electron chi connectivity index (χ0n) is 14.7. The van der Waals surface area contributed by atoms with Crippen LogP contribution in [0.15, 0.2) is 0 Å². The fourth-order valence-corrected chi connectivity index (χ4v) is 3.92. The number of aliphatic hydroxyl groups is 1. The van der Waals surface area contributed by atoms with Gasteiger partial charge in [-0.05, 0) is 26.7 Å². The van der Waals surface area contributed by atoms with Crippen LogP contribution in [0.4, 0.5) is 0 Å². The second-order valence-corrected chi connectivity index (χ2v) is 9.08. The highest BCUT2D eigenvalue weighted by molar-refractivity contribution is 8.00. The van der Waals surface area contributed by atoms with E-state index in [1.54, 1.807) is 18.7 Å². The number of carbonyl (C=O) groups is 1. The Labute approximate surface area is 144 Å². The lowest BCUT2D eigenvalue weighted by Crippen LogP contribution is -2.37. The molecular formula is C15H30O6PS+. The highest BCUT2D eigenvalue weighted by Gasteiger charge is 2.39. The summed E-state index contributed by atoms with van der Waals surface area (Å²) in [5, 5.41) is 9.44. The number of rotatable bonds is 12. The van der Waals surface area contributed by atoms with Crippen LogP contribution < -0.4 is 0 Å². The zero-order valence-corrected chi connectivity index (χ0v) is 16.4. The van der Waals surface area contributed by atoms with Gasteiger partial charge in [0.25, 0.3) is 0 Å². The molecule has 0 aliphatic heterocycles. The maximum Gasteiger partial charge on any atom is 0.694 e. The van der Waals surface area contributed by atoms with E-state index in [4.69, 9.17) is 9.63 Å². The van der Waals surface area contributed by atoms with Crippen molar-refractivity contribution >= 4 is 26.0 Å². The Morgan fingerprint density at radius 1 is 1.30 bits per heavy atom. The first-order valence-electron chi connectivity index (χ1n) is 7.81. The molecule has 0 aromatic carbocycles. The van der Waals surface area contributed by atoms with Crippen LogP contribution in [0.2, 0.25) is 0 Å². The predicted octanol–water partition coefficient (Wildman–Crippen LogP) is 3.29. The number of thioether (sulfide) groups is 1. The van der Waals surface area contributed by atoms with E-state index in [-0.39, 0.29) is 30.0 Å². The highest BCUT2D eigenvalue weighted by atomic mass is 32.2. The summed E-state index contributed by atoms with van der Waals surface area (Å²) >= 11 is 1.63. The molecule has 0 aromatic rings. The second kappa shape index (κ2) is 10.6. The average Bonchev–Trinajstić information content (AvgIpc) is 2.40. The van der Waals surface area contributed by atoms with Crippen LogP contribution in [0, 0.1) is 5.41 Å². The molecule has 0 amide bonds. The molecule has 0 aliphatic carbocycles. The minimum absolute atomic E-state index is 0.0407. The van der Waals surface area contributed by atoms with Crippen molar-refractivity contribution in [2.75, 3.05) is 19.0 Å². The second-order valence-electron chi connectivity index (χ2n) is 6.61. The summed E-state index contributed by atoms with van der Waals surface area (Å²) in [7, 11) is -2.67. The van der Waals surface area contributed by atoms with Gasteiger partial charge in [-0.3, -0.25) is 4.79 Å². The van der Waals surface area contributed by atoms with Gasteiger partial charge in [0.05, 0.1) is 11.5 Å². The molecule has 2 N–H and O–H groups in total. The van der Waals surface area contributed by atoms with Crippen molar-refractivity contribution < 1.29 is 28.6 Å². The Morgan fingerprint density at radius 2 is 1.91 bits per heavy atom. The highest BCUT2D eigenvalue weighted by Crippen LogP contribution is 2.41. The van der Waals surface area contributed by atoms with Crippen molar-refractivity contribution in [2.45, 2.75) is 64.7 Å². The van der Waals surface area contributed by atoms with Crippen molar-refractivity contribution in [3.8, 4) is 0 Å². The van der Waals surface area contributed by atoms with E-state index in [1.807, 2.05) is 13.8 Å².